The van der Waals surface area contributed by atoms with Crippen LogP contribution in [-0.2, 0) is 4.79 Å². The normalized spacial score (nSPS) is 27.8. The van der Waals surface area contributed by atoms with Gasteiger partial charge >= 0.3 is 0 Å². The van der Waals surface area contributed by atoms with Gasteiger partial charge in [0.15, 0.2) is 0 Å². The number of amides is 1. The second-order valence-electron chi connectivity index (χ2n) is 7.30. The van der Waals surface area contributed by atoms with Gasteiger partial charge in [-0.25, -0.2) is 0 Å². The van der Waals surface area contributed by atoms with Crippen molar-refractivity contribution in [2.24, 2.45) is 23.7 Å². The Labute approximate surface area is 158 Å². The third kappa shape index (κ3) is 6.60. The predicted octanol–water partition coefficient (Wildman–Crippen LogP) is 3.68. The number of rotatable bonds is 1. The van der Waals surface area contributed by atoms with E-state index in [0.717, 1.165) is 7.11 Å². The minimum absolute atomic E-state index is 0.257. The van der Waals surface area contributed by atoms with Crippen LogP contribution in [0.25, 0.3) is 0 Å². The van der Waals surface area contributed by atoms with Crippen LogP contribution < -0.4 is 5.32 Å². The minimum atomic E-state index is 0.257. The molecule has 2 atom stereocenters. The van der Waals surface area contributed by atoms with Crippen LogP contribution in [0.15, 0.2) is 18.3 Å². The van der Waals surface area contributed by atoms with E-state index in [-0.39, 0.29) is 5.75 Å². The number of pyridine rings is 1. The molecule has 148 valence electrons. The maximum absolute atomic E-state index is 9.06. The molecule has 26 heavy (non-hydrogen) atoms. The molecule has 3 N–H and O–H groups in total. The zero-order chi connectivity index (χ0) is 19.4. The monoisotopic (exact) mass is 364 g/mol. The van der Waals surface area contributed by atoms with Gasteiger partial charge in [-0.1, -0.05) is 12.8 Å². The van der Waals surface area contributed by atoms with Crippen LogP contribution in [-0.4, -0.2) is 35.8 Å². The van der Waals surface area contributed by atoms with Crippen molar-refractivity contribution in [3.8, 4) is 5.75 Å². The molecule has 1 amide bonds. The molecule has 4 aliphatic carbocycles. The largest absolute Gasteiger partial charge is 0.506 e. The molecular weight excluding hydrogens is 328 g/mol. The highest BCUT2D eigenvalue weighted by atomic mass is 16.3. The number of aromatic nitrogens is 1. The molecule has 2 unspecified atom stereocenters. The van der Waals surface area contributed by atoms with E-state index in [4.69, 9.17) is 15.0 Å². The van der Waals surface area contributed by atoms with Gasteiger partial charge < -0.3 is 15.5 Å². The molecule has 0 aliphatic heterocycles. The lowest BCUT2D eigenvalue weighted by Gasteiger charge is -2.51. The number of aryl methyl sites for hydroxylation is 1. The molecule has 2 bridgehead atoms. The Morgan fingerprint density at radius 2 is 1.50 bits per heavy atom. The van der Waals surface area contributed by atoms with Crippen LogP contribution in [0.3, 0.4) is 0 Å². The summed E-state index contributed by atoms with van der Waals surface area (Å²) in [5.41, 5.74) is 0.674. The number of hydrogen-bond acceptors (Lipinski definition) is 4. The minimum Gasteiger partial charge on any atom is -0.506 e. The molecule has 1 heterocycles. The first kappa shape index (κ1) is 22.4. The van der Waals surface area contributed by atoms with E-state index < -0.39 is 0 Å². The number of aliphatic hydroxyl groups excluding tert-OH is 1. The van der Waals surface area contributed by atoms with Crippen LogP contribution >= 0.6 is 0 Å². The van der Waals surface area contributed by atoms with Gasteiger partial charge in [0.25, 0.3) is 0 Å². The van der Waals surface area contributed by atoms with Crippen molar-refractivity contribution in [2.75, 3.05) is 14.2 Å². The van der Waals surface area contributed by atoms with Crippen molar-refractivity contribution in [2.45, 2.75) is 58.3 Å². The Morgan fingerprint density at radius 1 is 1.04 bits per heavy atom. The van der Waals surface area contributed by atoms with Crippen LogP contribution in [0, 0.1) is 30.6 Å². The molecule has 4 saturated carbocycles. The fourth-order valence-corrected chi connectivity index (χ4v) is 4.84. The van der Waals surface area contributed by atoms with Crippen molar-refractivity contribution in [1.29, 1.82) is 0 Å². The number of hydrogen-bond donors (Lipinski definition) is 3. The summed E-state index contributed by atoms with van der Waals surface area (Å²) in [7, 11) is 2.56. The van der Waals surface area contributed by atoms with Crippen molar-refractivity contribution >= 4 is 6.41 Å². The number of carbonyl (C=O) groups is 1. The zero-order valence-electron chi connectivity index (χ0n) is 16.5. The van der Waals surface area contributed by atoms with E-state index in [1.54, 1.807) is 83.7 Å². The maximum Gasteiger partial charge on any atom is 0.206 e. The molecule has 0 saturated heterocycles. The quantitative estimate of drug-likeness (QED) is 0.664. The molecule has 4 fully saturated rings. The van der Waals surface area contributed by atoms with Gasteiger partial charge in [0.1, 0.15) is 5.75 Å². The maximum atomic E-state index is 9.06. The second-order valence-corrected chi connectivity index (χ2v) is 7.30. The molecule has 0 aromatic carbocycles. The van der Waals surface area contributed by atoms with Gasteiger partial charge in [0.05, 0.1) is 5.69 Å². The number of nitrogens with zero attached hydrogens (tertiary/aromatic N) is 1. The predicted molar refractivity (Wildman–Crippen MR) is 105 cm³/mol. The van der Waals surface area contributed by atoms with Gasteiger partial charge in [-0.3, -0.25) is 9.78 Å². The van der Waals surface area contributed by atoms with E-state index >= 15 is 0 Å². The lowest BCUT2D eigenvalue weighted by molar-refractivity contribution is -0.109. The van der Waals surface area contributed by atoms with Gasteiger partial charge in [-0.05, 0) is 81.3 Å². The van der Waals surface area contributed by atoms with E-state index in [2.05, 4.69) is 10.3 Å². The third-order valence-electron chi connectivity index (χ3n) is 6.00. The fourth-order valence-electron chi connectivity index (χ4n) is 4.84. The summed E-state index contributed by atoms with van der Waals surface area (Å²) in [4.78, 5) is 12.9. The number of fused-ring (bicyclic) bond motifs is 2. The Bertz CT molecular complexity index is 461. The first-order chi connectivity index (χ1) is 12.7. The molecule has 0 radical (unpaired) electrons. The Kier molecular flexibility index (Phi) is 10.9. The molecule has 0 spiro atoms. The van der Waals surface area contributed by atoms with Gasteiger partial charge in [-0.15, -0.1) is 0 Å². The van der Waals surface area contributed by atoms with Crippen LogP contribution in [0.4, 0.5) is 0 Å². The van der Waals surface area contributed by atoms with E-state index in [0.29, 0.717) is 12.1 Å². The van der Waals surface area contributed by atoms with E-state index in [1.165, 1.54) is 23.7 Å². The summed E-state index contributed by atoms with van der Waals surface area (Å²) >= 11 is 0. The Morgan fingerprint density at radius 3 is 1.81 bits per heavy atom. The highest BCUT2D eigenvalue weighted by Gasteiger charge is 2.43. The van der Waals surface area contributed by atoms with Crippen LogP contribution in [0.1, 0.15) is 57.1 Å². The smallest absolute Gasteiger partial charge is 0.206 e. The highest BCUT2D eigenvalue weighted by molar-refractivity contribution is 5.44. The van der Waals surface area contributed by atoms with Gasteiger partial charge in [0.2, 0.25) is 6.41 Å². The summed E-state index contributed by atoms with van der Waals surface area (Å²) in [6.07, 6.45) is 14.9. The number of aliphatic hydroxyl groups is 1. The van der Waals surface area contributed by atoms with Gasteiger partial charge in [0, 0.05) is 20.4 Å². The summed E-state index contributed by atoms with van der Waals surface area (Å²) in [6.45, 7) is 1.76. The summed E-state index contributed by atoms with van der Waals surface area (Å²) in [5.74, 6) is 4.96. The standard InChI is InChI=1S/C12H20.C6H7NO.C2H5NO.CH4O/c1-2-4-12-10-7-5-9(6-8-10)11(12)3-1;1-5-6(8)3-2-4-7-5;1-3-2-4;1-2/h9-12H,1-8H2;2-4,8H,1H3;2H,1H3,(H,3,4);2H,1H3. The van der Waals surface area contributed by atoms with Gasteiger partial charge in [-0.2, -0.15) is 0 Å². The lowest BCUT2D eigenvalue weighted by Crippen LogP contribution is -2.41. The number of aromatic hydroxyl groups is 1. The first-order valence-electron chi connectivity index (χ1n) is 9.83. The van der Waals surface area contributed by atoms with Crippen molar-refractivity contribution in [1.82, 2.24) is 10.3 Å². The molecule has 1 aromatic heterocycles. The van der Waals surface area contributed by atoms with Crippen molar-refractivity contribution < 1.29 is 15.0 Å². The number of nitrogens with one attached hydrogen (secondary N) is 1. The molecular formula is C21H36N2O3. The van der Waals surface area contributed by atoms with Crippen molar-refractivity contribution in [3.63, 3.8) is 0 Å². The summed E-state index contributed by atoms with van der Waals surface area (Å²) in [5, 5.41) is 18.1. The lowest BCUT2D eigenvalue weighted by atomic mass is 9.55. The highest BCUT2D eigenvalue weighted by Crippen LogP contribution is 2.54. The SMILES string of the molecule is C1CCC2C3CCC(CC3)C2C1.CNC=O.CO.Cc1ncccc1O. The molecule has 5 nitrogen and oxygen atoms in total. The number of carbonyl (C=O) groups excluding carboxylic acids is 1. The average Bonchev–Trinajstić information content (AvgIpc) is 2.73. The zero-order valence-corrected chi connectivity index (χ0v) is 16.5. The molecule has 5 heteroatoms. The Hall–Kier alpha value is -1.62. The second kappa shape index (κ2) is 12.7. The molecule has 5 rings (SSSR count). The topological polar surface area (TPSA) is 82.5 Å². The summed E-state index contributed by atoms with van der Waals surface area (Å²) in [6, 6.07) is 3.31. The first-order valence-corrected chi connectivity index (χ1v) is 9.83. The summed E-state index contributed by atoms with van der Waals surface area (Å²) < 4.78 is 0. The van der Waals surface area contributed by atoms with E-state index in [9.17, 15) is 0 Å². The molecule has 4 aliphatic rings. The van der Waals surface area contributed by atoms with Crippen LogP contribution in [0.5, 0.6) is 5.75 Å². The third-order valence-corrected chi connectivity index (χ3v) is 6.00. The Balaban J connectivity index is 0.000000211. The molecule has 1 aromatic rings. The van der Waals surface area contributed by atoms with E-state index in [1.807, 2.05) is 0 Å². The average molecular weight is 365 g/mol. The van der Waals surface area contributed by atoms with Crippen LogP contribution in [0.2, 0.25) is 0 Å². The fraction of sp³-hybridized carbons (Fsp3) is 0.714. The van der Waals surface area contributed by atoms with Crippen molar-refractivity contribution in [3.05, 3.63) is 24.0 Å².